The molecule has 3 rings (SSSR count). The van der Waals surface area contributed by atoms with E-state index >= 15 is 0 Å². The molecule has 128 valence electrons. The number of carbonyl (C=O) groups is 1. The molecular formula is C18H24N4O2. The minimum Gasteiger partial charge on any atom is -0.343 e. The number of H-pyrrole nitrogens is 1. The summed E-state index contributed by atoms with van der Waals surface area (Å²) >= 11 is 0. The molecule has 1 aromatic heterocycles. The lowest BCUT2D eigenvalue weighted by atomic mass is 10.0. The Balaban J connectivity index is 1.86. The molecule has 1 aliphatic rings. The maximum Gasteiger partial charge on any atom is 0.271 e. The second-order valence-corrected chi connectivity index (χ2v) is 6.42. The van der Waals surface area contributed by atoms with Crippen LogP contribution in [0.5, 0.6) is 0 Å². The van der Waals surface area contributed by atoms with Gasteiger partial charge < -0.3 is 9.88 Å². The maximum atomic E-state index is 12.5. The monoisotopic (exact) mass is 328 g/mol. The summed E-state index contributed by atoms with van der Waals surface area (Å²) in [7, 11) is 1.85. The molecule has 0 saturated carbocycles. The van der Waals surface area contributed by atoms with Crippen molar-refractivity contribution in [3.63, 3.8) is 0 Å². The van der Waals surface area contributed by atoms with Crippen molar-refractivity contribution in [2.75, 3.05) is 20.1 Å². The van der Waals surface area contributed by atoms with E-state index in [0.29, 0.717) is 18.8 Å². The molecule has 24 heavy (non-hydrogen) atoms. The number of rotatable bonds is 5. The van der Waals surface area contributed by atoms with Gasteiger partial charge >= 0.3 is 0 Å². The number of aromatic amines is 1. The van der Waals surface area contributed by atoms with E-state index in [2.05, 4.69) is 21.8 Å². The highest BCUT2D eigenvalue weighted by molar-refractivity contribution is 5.82. The first-order chi connectivity index (χ1) is 11.6. The van der Waals surface area contributed by atoms with Crippen molar-refractivity contribution >= 4 is 16.9 Å². The van der Waals surface area contributed by atoms with Crippen LogP contribution in [0.25, 0.3) is 11.0 Å². The first kappa shape index (κ1) is 16.6. The van der Waals surface area contributed by atoms with Gasteiger partial charge in [0, 0.05) is 26.7 Å². The predicted molar refractivity (Wildman–Crippen MR) is 93.7 cm³/mol. The molecule has 6 heteroatoms. The van der Waals surface area contributed by atoms with Crippen LogP contribution in [0.15, 0.2) is 29.1 Å². The summed E-state index contributed by atoms with van der Waals surface area (Å²) in [5.41, 5.74) is 1.82. The average molecular weight is 328 g/mol. The van der Waals surface area contributed by atoms with E-state index in [4.69, 9.17) is 0 Å². The van der Waals surface area contributed by atoms with Crippen molar-refractivity contribution in [1.82, 2.24) is 19.8 Å². The number of hydrogen-bond donors (Lipinski definition) is 1. The van der Waals surface area contributed by atoms with Crippen LogP contribution in [0.3, 0.4) is 0 Å². The van der Waals surface area contributed by atoms with Crippen LogP contribution in [0, 0.1) is 0 Å². The smallest absolute Gasteiger partial charge is 0.271 e. The zero-order chi connectivity index (χ0) is 17.1. The van der Waals surface area contributed by atoms with Gasteiger partial charge in [0.15, 0.2) is 0 Å². The molecule has 0 spiro atoms. The molecule has 0 radical (unpaired) electrons. The number of unbranched alkanes of at least 4 members (excludes halogenated alkanes) is 1. The number of para-hydroxylation sites is 2. The minimum atomic E-state index is -0.172. The number of aromatic nitrogens is 2. The Kier molecular flexibility index (Phi) is 4.94. The van der Waals surface area contributed by atoms with E-state index in [1.54, 1.807) is 4.90 Å². The lowest BCUT2D eigenvalue weighted by Gasteiger charge is -2.38. The van der Waals surface area contributed by atoms with Crippen molar-refractivity contribution in [3.05, 3.63) is 40.3 Å². The van der Waals surface area contributed by atoms with Crippen molar-refractivity contribution in [3.8, 4) is 0 Å². The number of fused-ring (bicyclic) bond motifs is 1. The van der Waals surface area contributed by atoms with E-state index in [9.17, 15) is 9.59 Å². The summed E-state index contributed by atoms with van der Waals surface area (Å²) in [5, 5.41) is 0. The molecule has 2 heterocycles. The third-order valence-corrected chi connectivity index (χ3v) is 4.68. The molecule has 1 N–H and O–H groups in total. The zero-order valence-corrected chi connectivity index (χ0v) is 14.3. The standard InChI is InChI=1S/C18H24N4O2/c1-3-4-9-16-18(24)21(2)10-11-22(16)12-15-17(23)20-14-8-6-5-7-13(14)19-15/h5-8,16H,3-4,9-12H2,1-2H3,(H,20,23)/t16-/m1/s1. The molecule has 6 nitrogen and oxygen atoms in total. The van der Waals surface area contributed by atoms with Gasteiger partial charge in [-0.2, -0.15) is 0 Å². The van der Waals surface area contributed by atoms with Gasteiger partial charge in [0.25, 0.3) is 5.56 Å². The van der Waals surface area contributed by atoms with Crippen LogP contribution < -0.4 is 5.56 Å². The largest absolute Gasteiger partial charge is 0.343 e. The van der Waals surface area contributed by atoms with Crippen LogP contribution in [0.2, 0.25) is 0 Å². The quantitative estimate of drug-likeness (QED) is 0.908. The first-order valence-corrected chi connectivity index (χ1v) is 8.57. The van der Waals surface area contributed by atoms with Crippen LogP contribution in [0.4, 0.5) is 0 Å². The highest BCUT2D eigenvalue weighted by Gasteiger charge is 2.33. The number of benzene rings is 1. The highest BCUT2D eigenvalue weighted by Crippen LogP contribution is 2.18. The van der Waals surface area contributed by atoms with Crippen LogP contribution in [0.1, 0.15) is 31.9 Å². The summed E-state index contributed by atoms with van der Waals surface area (Å²) < 4.78 is 0. The van der Waals surface area contributed by atoms with Crippen molar-refractivity contribution in [2.24, 2.45) is 0 Å². The first-order valence-electron chi connectivity index (χ1n) is 8.57. The molecule has 0 unspecified atom stereocenters. The predicted octanol–water partition coefficient (Wildman–Crippen LogP) is 1.76. The second kappa shape index (κ2) is 7.13. The molecule has 1 amide bonds. The molecule has 0 bridgehead atoms. The summed E-state index contributed by atoms with van der Waals surface area (Å²) in [4.78, 5) is 36.1. The fraction of sp³-hybridized carbons (Fsp3) is 0.500. The van der Waals surface area contributed by atoms with E-state index in [1.807, 2.05) is 31.3 Å². The summed E-state index contributed by atoms with van der Waals surface area (Å²) in [5.74, 6) is 0.145. The van der Waals surface area contributed by atoms with Crippen molar-refractivity contribution in [1.29, 1.82) is 0 Å². The average Bonchev–Trinajstić information content (AvgIpc) is 2.58. The Morgan fingerprint density at radius 2 is 2.04 bits per heavy atom. The third kappa shape index (κ3) is 3.33. The Morgan fingerprint density at radius 3 is 2.83 bits per heavy atom. The maximum absolute atomic E-state index is 12.5. The molecule has 1 aromatic carbocycles. The molecule has 1 aliphatic heterocycles. The van der Waals surface area contributed by atoms with E-state index in [0.717, 1.165) is 36.8 Å². The lowest BCUT2D eigenvalue weighted by Crippen LogP contribution is -2.55. The van der Waals surface area contributed by atoms with Gasteiger partial charge in [-0.25, -0.2) is 4.98 Å². The molecule has 1 saturated heterocycles. The Morgan fingerprint density at radius 1 is 1.25 bits per heavy atom. The lowest BCUT2D eigenvalue weighted by molar-refractivity contribution is -0.140. The van der Waals surface area contributed by atoms with E-state index < -0.39 is 0 Å². The Labute approximate surface area is 141 Å². The van der Waals surface area contributed by atoms with E-state index in [1.165, 1.54) is 0 Å². The SMILES string of the molecule is CCCC[C@@H]1C(=O)N(C)CCN1Cc1nc2ccccc2[nH]c1=O. The van der Waals surface area contributed by atoms with Crippen LogP contribution in [-0.2, 0) is 11.3 Å². The van der Waals surface area contributed by atoms with Gasteiger partial charge in [0.1, 0.15) is 5.69 Å². The van der Waals surface area contributed by atoms with Gasteiger partial charge in [0.05, 0.1) is 17.1 Å². The fourth-order valence-corrected chi connectivity index (χ4v) is 3.21. The Bertz CT molecular complexity index is 786. The number of nitrogens with one attached hydrogen (secondary N) is 1. The number of piperazine rings is 1. The van der Waals surface area contributed by atoms with Crippen LogP contribution in [-0.4, -0.2) is 51.9 Å². The minimum absolute atomic E-state index is 0.145. The molecule has 2 aromatic rings. The van der Waals surface area contributed by atoms with Crippen molar-refractivity contribution in [2.45, 2.75) is 38.8 Å². The number of nitrogens with zero attached hydrogens (tertiary/aromatic N) is 3. The number of likely N-dealkylation sites (N-methyl/N-ethyl adjacent to an activating group) is 1. The molecule has 1 fully saturated rings. The van der Waals surface area contributed by atoms with Gasteiger partial charge in [-0.3, -0.25) is 14.5 Å². The van der Waals surface area contributed by atoms with Gasteiger partial charge in [-0.05, 0) is 18.6 Å². The van der Waals surface area contributed by atoms with Crippen molar-refractivity contribution < 1.29 is 4.79 Å². The summed E-state index contributed by atoms with van der Waals surface area (Å²) in [6.07, 6.45) is 2.88. The topological polar surface area (TPSA) is 69.3 Å². The number of hydrogen-bond acceptors (Lipinski definition) is 4. The molecular weight excluding hydrogens is 304 g/mol. The Hall–Kier alpha value is -2.21. The summed E-state index contributed by atoms with van der Waals surface area (Å²) in [6.45, 7) is 3.99. The third-order valence-electron chi connectivity index (χ3n) is 4.68. The normalized spacial score (nSPS) is 19.2. The highest BCUT2D eigenvalue weighted by atomic mass is 16.2. The fourth-order valence-electron chi connectivity index (χ4n) is 3.21. The number of carbonyl (C=O) groups excluding carboxylic acids is 1. The molecule has 1 atom stereocenters. The van der Waals surface area contributed by atoms with Gasteiger partial charge in [-0.15, -0.1) is 0 Å². The summed E-state index contributed by atoms with van der Waals surface area (Å²) in [6, 6.07) is 7.35. The second-order valence-electron chi connectivity index (χ2n) is 6.42. The van der Waals surface area contributed by atoms with E-state index in [-0.39, 0.29) is 17.5 Å². The van der Waals surface area contributed by atoms with Gasteiger partial charge in [0.2, 0.25) is 5.91 Å². The van der Waals surface area contributed by atoms with Gasteiger partial charge in [-0.1, -0.05) is 31.9 Å². The zero-order valence-electron chi connectivity index (χ0n) is 14.3. The van der Waals surface area contributed by atoms with Crippen LogP contribution >= 0.6 is 0 Å². The molecule has 0 aliphatic carbocycles. The number of amides is 1.